The van der Waals surface area contributed by atoms with Crippen LogP contribution in [-0.4, -0.2) is 16.1 Å². The quantitative estimate of drug-likeness (QED) is 0.129. The van der Waals surface area contributed by atoms with Crippen molar-refractivity contribution in [2.24, 2.45) is 0 Å². The molecule has 0 amide bonds. The first-order valence-electron chi connectivity index (χ1n) is 18.6. The van der Waals surface area contributed by atoms with Crippen molar-refractivity contribution in [2.45, 2.75) is 53.1 Å². The van der Waals surface area contributed by atoms with Gasteiger partial charge in [0.2, 0.25) is 0 Å². The number of hydrogen-bond acceptors (Lipinski definition) is 4. The number of ether oxygens (including phenoxy) is 1. The van der Waals surface area contributed by atoms with Crippen LogP contribution in [0.25, 0.3) is 43.5 Å². The van der Waals surface area contributed by atoms with Gasteiger partial charge in [0, 0.05) is 26.7 Å². The number of hydrogen-bond donors (Lipinski definition) is 0. The Balaban J connectivity index is 1.39. The minimum atomic E-state index is -1.97. The first-order chi connectivity index (χ1) is 25.8. The minimum absolute atomic E-state index is 0.771. The molecule has 270 valence electrons. The van der Waals surface area contributed by atoms with E-state index in [-0.39, 0.29) is 0 Å². The third-order valence-electron chi connectivity index (χ3n) is 10.4. The zero-order valence-corrected chi connectivity index (χ0v) is 35.9. The first kappa shape index (κ1) is 35.1. The standard InChI is InChI=1S/C46H44O4P2Si2/c1-29-21-23-35-39(25-29)51(40-26-30(2)22-24-36(40)47-35)38-20-14-13-19-37(38)48-52-49-45-41(53(3,4)5)27-31-15-9-11-17-33(31)43(45)44-34-18-12-10-16-32(34)28-42(46(44)50-52)54(6,7)8/h9-28H,1-8H3. The van der Waals surface area contributed by atoms with Crippen molar-refractivity contribution in [3.63, 3.8) is 0 Å². The summed E-state index contributed by atoms with van der Waals surface area (Å²) in [4.78, 5) is 0. The van der Waals surface area contributed by atoms with Crippen molar-refractivity contribution in [1.29, 1.82) is 0 Å². The van der Waals surface area contributed by atoms with E-state index in [1.807, 2.05) is 0 Å². The lowest BCUT2D eigenvalue weighted by Crippen LogP contribution is -2.38. The Kier molecular flexibility index (Phi) is 8.48. The molecule has 0 fully saturated rings. The highest BCUT2D eigenvalue weighted by Gasteiger charge is 2.33. The highest BCUT2D eigenvalue weighted by atomic mass is 31.1. The molecule has 0 atom stereocenters. The molecule has 54 heavy (non-hydrogen) atoms. The molecule has 8 aromatic rings. The molecule has 0 spiro atoms. The Morgan fingerprint density at radius 3 is 1.46 bits per heavy atom. The van der Waals surface area contributed by atoms with E-state index in [0.717, 1.165) is 44.5 Å². The Labute approximate surface area is 321 Å². The van der Waals surface area contributed by atoms with Crippen molar-refractivity contribution >= 4 is 102 Å². The summed E-state index contributed by atoms with van der Waals surface area (Å²) >= 11 is 0. The van der Waals surface area contributed by atoms with E-state index in [9.17, 15) is 0 Å². The molecule has 4 nitrogen and oxygen atoms in total. The third kappa shape index (κ3) is 6.01. The van der Waals surface area contributed by atoms with Gasteiger partial charge in [0.1, 0.15) is 28.4 Å². The lowest BCUT2D eigenvalue weighted by molar-refractivity contribution is 0.488. The molecule has 1 aromatic heterocycles. The number of aryl methyl sites for hydroxylation is 2. The van der Waals surface area contributed by atoms with E-state index in [2.05, 4.69) is 174 Å². The smallest absolute Gasteiger partial charge is 0.453 e. The molecule has 0 bridgehead atoms. The Morgan fingerprint density at radius 2 is 0.963 bits per heavy atom. The van der Waals surface area contributed by atoms with Gasteiger partial charge in [0.25, 0.3) is 0 Å². The van der Waals surface area contributed by atoms with E-state index in [1.165, 1.54) is 53.7 Å². The molecule has 0 radical (unpaired) electrons. The topological polar surface area (TPSA) is 44.7 Å². The third-order valence-corrected chi connectivity index (χ3v) is 17.9. The number of rotatable bonds is 5. The Bertz CT molecular complexity index is 2680. The largest absolute Gasteiger partial charge is 0.456 e. The summed E-state index contributed by atoms with van der Waals surface area (Å²) in [6.07, 6.45) is 0. The summed E-state index contributed by atoms with van der Waals surface area (Å²) in [5.74, 6) is 2.56. The maximum absolute atomic E-state index is 7.30. The van der Waals surface area contributed by atoms with Gasteiger partial charge in [-0.25, -0.2) is 0 Å². The van der Waals surface area contributed by atoms with Gasteiger partial charge >= 0.3 is 8.24 Å². The maximum atomic E-state index is 7.30. The minimum Gasteiger partial charge on any atom is -0.456 e. The van der Waals surface area contributed by atoms with Crippen LogP contribution in [-0.2, 0) is 0 Å². The molecule has 0 saturated heterocycles. The number of fused-ring (bicyclic) bond motifs is 9. The van der Waals surface area contributed by atoms with E-state index >= 15 is 0 Å². The summed E-state index contributed by atoms with van der Waals surface area (Å²) in [6.45, 7) is 18.7. The van der Waals surface area contributed by atoms with Gasteiger partial charge < -0.3 is 17.7 Å². The average Bonchev–Trinajstić information content (AvgIpc) is 3.30. The van der Waals surface area contributed by atoms with Crippen LogP contribution in [0.5, 0.6) is 17.2 Å². The van der Waals surface area contributed by atoms with Crippen LogP contribution in [0.2, 0.25) is 39.3 Å². The monoisotopic (exact) mass is 778 g/mol. The summed E-state index contributed by atoms with van der Waals surface area (Å²) in [6, 6.07) is 43.7. The lowest BCUT2D eigenvalue weighted by atomic mass is 9.98. The SMILES string of the molecule is Cc1ccc2c(c1)P(c1ccccc1Op1oc3c([Si](C)(C)C)cc4ccccc4c3c3c(o1)c([Si](C)(C)C)cc1ccccc13)c1cc(C)ccc1O2. The molecule has 8 heteroatoms. The highest BCUT2D eigenvalue weighted by Crippen LogP contribution is 2.49. The molecule has 0 unspecified atom stereocenters. The number of benzene rings is 7. The van der Waals surface area contributed by atoms with Gasteiger partial charge in [-0.2, -0.15) is 0 Å². The van der Waals surface area contributed by atoms with Gasteiger partial charge in [0.15, 0.2) is 0 Å². The normalized spacial score (nSPS) is 13.3. The summed E-state index contributed by atoms with van der Waals surface area (Å²) < 4.78 is 28.3. The van der Waals surface area contributed by atoms with Gasteiger partial charge in [-0.3, -0.25) is 0 Å². The molecular formula is C46H44O4P2Si2. The van der Waals surface area contributed by atoms with E-state index in [0.29, 0.717) is 0 Å². The van der Waals surface area contributed by atoms with Crippen LogP contribution in [0.15, 0.2) is 130 Å². The second-order valence-corrected chi connectivity index (χ2v) is 29.7. The molecule has 2 heterocycles. The van der Waals surface area contributed by atoms with Crippen molar-refractivity contribution < 1.29 is 17.7 Å². The van der Waals surface area contributed by atoms with Crippen molar-refractivity contribution in [3.05, 3.63) is 132 Å². The van der Waals surface area contributed by atoms with Crippen LogP contribution < -0.4 is 35.5 Å². The van der Waals surface area contributed by atoms with E-state index in [1.54, 1.807) is 0 Å². The fourth-order valence-corrected chi connectivity index (χ4v) is 14.7. The second kappa shape index (κ2) is 13.0. The summed E-state index contributed by atoms with van der Waals surface area (Å²) in [5, 5.41) is 13.0. The van der Waals surface area contributed by atoms with Crippen LogP contribution in [0.3, 0.4) is 0 Å². The second-order valence-electron chi connectivity index (χ2n) is 16.5. The average molecular weight is 779 g/mol. The zero-order valence-electron chi connectivity index (χ0n) is 32.1. The van der Waals surface area contributed by atoms with Crippen molar-refractivity contribution in [1.82, 2.24) is 0 Å². The molecule has 0 aliphatic carbocycles. The van der Waals surface area contributed by atoms with Crippen LogP contribution in [0, 0.1) is 13.8 Å². The van der Waals surface area contributed by atoms with Crippen molar-refractivity contribution in [2.75, 3.05) is 0 Å². The molecule has 7 aromatic carbocycles. The molecule has 9 rings (SSSR count). The summed E-state index contributed by atoms with van der Waals surface area (Å²) in [5.41, 5.74) is 4.19. The molecule has 1 aliphatic heterocycles. The zero-order chi connectivity index (χ0) is 37.5. The Hall–Kier alpha value is -4.58. The van der Waals surface area contributed by atoms with E-state index < -0.39 is 32.3 Å². The van der Waals surface area contributed by atoms with Crippen LogP contribution in [0.4, 0.5) is 0 Å². The van der Waals surface area contributed by atoms with E-state index in [4.69, 9.17) is 17.7 Å². The molecule has 1 aliphatic rings. The van der Waals surface area contributed by atoms with Gasteiger partial charge in [0.05, 0.1) is 16.1 Å². The van der Waals surface area contributed by atoms with Crippen LogP contribution in [0.1, 0.15) is 11.1 Å². The van der Waals surface area contributed by atoms with Gasteiger partial charge in [-0.1, -0.05) is 141 Å². The van der Waals surface area contributed by atoms with Crippen molar-refractivity contribution in [3.8, 4) is 17.2 Å². The maximum Gasteiger partial charge on any atom is 0.453 e. The fourth-order valence-electron chi connectivity index (χ4n) is 7.75. The first-order valence-corrected chi connectivity index (χ1v) is 28.0. The highest BCUT2D eigenvalue weighted by molar-refractivity contribution is 7.80. The predicted molar refractivity (Wildman–Crippen MR) is 238 cm³/mol. The Morgan fingerprint density at radius 1 is 0.500 bits per heavy atom. The predicted octanol–water partition coefficient (Wildman–Crippen LogP) is 12.0. The van der Waals surface area contributed by atoms with Crippen LogP contribution >= 0.6 is 16.2 Å². The van der Waals surface area contributed by atoms with Gasteiger partial charge in [-0.05, 0) is 84.0 Å². The molecule has 0 saturated carbocycles. The molecule has 0 N–H and O–H groups in total. The molecular weight excluding hydrogens is 735 g/mol. The summed E-state index contributed by atoms with van der Waals surface area (Å²) in [7, 11) is -6.91. The van der Waals surface area contributed by atoms with Gasteiger partial charge in [-0.15, -0.1) is 0 Å². The fraction of sp³-hybridized carbons (Fsp3) is 0.174. The number of para-hydroxylation sites is 1. The lowest BCUT2D eigenvalue weighted by Gasteiger charge is -2.30.